The van der Waals surface area contributed by atoms with Crippen molar-refractivity contribution in [2.75, 3.05) is 6.54 Å². The van der Waals surface area contributed by atoms with E-state index < -0.39 is 0 Å². The smallest absolute Gasteiger partial charge is 0.193 e. The van der Waals surface area contributed by atoms with Crippen molar-refractivity contribution < 1.29 is 4.42 Å². The van der Waals surface area contributed by atoms with Crippen LogP contribution in [0.2, 0.25) is 5.22 Å². The molecule has 2 aromatic heterocycles. The summed E-state index contributed by atoms with van der Waals surface area (Å²) in [6.07, 6.45) is 4.61. The van der Waals surface area contributed by atoms with Crippen LogP contribution in [0.4, 0.5) is 0 Å². The third-order valence-electron chi connectivity index (χ3n) is 2.92. The first-order valence-corrected chi connectivity index (χ1v) is 6.61. The van der Waals surface area contributed by atoms with Gasteiger partial charge in [-0.15, -0.1) is 0 Å². The van der Waals surface area contributed by atoms with Gasteiger partial charge in [0.15, 0.2) is 5.22 Å². The number of rotatable bonds is 6. The number of imidazole rings is 1. The number of furan rings is 1. The molecule has 0 fully saturated rings. The second-order valence-corrected chi connectivity index (χ2v) is 4.46. The number of hydrogen-bond donors (Lipinski definition) is 1. The van der Waals surface area contributed by atoms with Gasteiger partial charge in [-0.1, -0.05) is 6.92 Å². The molecule has 0 aliphatic carbocycles. The van der Waals surface area contributed by atoms with E-state index in [0.717, 1.165) is 31.1 Å². The Labute approximate surface area is 112 Å². The number of nitrogens with one attached hydrogen (secondary N) is 1. The van der Waals surface area contributed by atoms with Crippen molar-refractivity contribution in [2.24, 2.45) is 0 Å². The zero-order valence-electron chi connectivity index (χ0n) is 10.7. The van der Waals surface area contributed by atoms with Crippen molar-refractivity contribution in [1.82, 2.24) is 14.9 Å². The van der Waals surface area contributed by atoms with Crippen molar-refractivity contribution in [3.8, 4) is 0 Å². The lowest BCUT2D eigenvalue weighted by atomic mass is 10.1. The van der Waals surface area contributed by atoms with Gasteiger partial charge >= 0.3 is 0 Å². The van der Waals surface area contributed by atoms with Crippen LogP contribution in [0.25, 0.3) is 0 Å². The molecule has 2 aromatic rings. The van der Waals surface area contributed by atoms with Crippen LogP contribution in [0, 0.1) is 0 Å². The third kappa shape index (κ3) is 2.94. The Bertz CT molecular complexity index is 492. The molecule has 0 spiro atoms. The molecule has 1 N–H and O–H groups in total. The normalized spacial score (nSPS) is 12.8. The highest BCUT2D eigenvalue weighted by Gasteiger charge is 2.17. The van der Waals surface area contributed by atoms with E-state index in [1.807, 2.05) is 18.5 Å². The van der Waals surface area contributed by atoms with Crippen LogP contribution in [-0.4, -0.2) is 16.1 Å². The summed E-state index contributed by atoms with van der Waals surface area (Å²) >= 11 is 5.83. The highest BCUT2D eigenvalue weighted by molar-refractivity contribution is 6.28. The summed E-state index contributed by atoms with van der Waals surface area (Å²) < 4.78 is 7.62. The summed E-state index contributed by atoms with van der Waals surface area (Å²) in [4.78, 5) is 4.39. The molecular weight excluding hydrogens is 250 g/mol. The van der Waals surface area contributed by atoms with Crippen LogP contribution in [-0.2, 0) is 13.0 Å². The number of aromatic nitrogens is 2. The standard InChI is InChI=1S/C13H18ClN3O/c1-3-15-10(11-5-6-12(14)18-11)9-13-16-7-8-17(13)4-2/h5-8,10,15H,3-4,9H2,1-2H3. The number of likely N-dealkylation sites (N-methyl/N-ethyl adjacent to an activating group) is 1. The molecule has 0 radical (unpaired) electrons. The van der Waals surface area contributed by atoms with Gasteiger partial charge < -0.3 is 14.3 Å². The quantitative estimate of drug-likeness (QED) is 0.875. The maximum Gasteiger partial charge on any atom is 0.193 e. The highest BCUT2D eigenvalue weighted by atomic mass is 35.5. The highest BCUT2D eigenvalue weighted by Crippen LogP contribution is 2.22. The molecule has 0 amide bonds. The van der Waals surface area contributed by atoms with Gasteiger partial charge in [0, 0.05) is 25.4 Å². The fourth-order valence-corrected chi connectivity index (χ4v) is 2.19. The van der Waals surface area contributed by atoms with Gasteiger partial charge in [0.2, 0.25) is 0 Å². The number of halogens is 1. The van der Waals surface area contributed by atoms with E-state index in [0.29, 0.717) is 5.22 Å². The van der Waals surface area contributed by atoms with E-state index in [1.54, 1.807) is 6.07 Å². The number of nitrogens with zero attached hydrogens (tertiary/aromatic N) is 2. The van der Waals surface area contributed by atoms with E-state index in [2.05, 4.69) is 28.7 Å². The van der Waals surface area contributed by atoms with Crippen molar-refractivity contribution in [2.45, 2.75) is 32.9 Å². The van der Waals surface area contributed by atoms with Gasteiger partial charge in [0.1, 0.15) is 11.6 Å². The molecule has 2 heterocycles. The predicted molar refractivity (Wildman–Crippen MR) is 71.7 cm³/mol. The lowest BCUT2D eigenvalue weighted by Crippen LogP contribution is -2.23. The van der Waals surface area contributed by atoms with Gasteiger partial charge in [-0.05, 0) is 37.2 Å². The van der Waals surface area contributed by atoms with Crippen molar-refractivity contribution in [1.29, 1.82) is 0 Å². The van der Waals surface area contributed by atoms with Crippen LogP contribution in [0.5, 0.6) is 0 Å². The van der Waals surface area contributed by atoms with Crippen LogP contribution < -0.4 is 5.32 Å². The predicted octanol–water partition coefficient (Wildman–Crippen LogP) is 3.04. The number of aryl methyl sites for hydroxylation is 1. The van der Waals surface area contributed by atoms with E-state index in [4.69, 9.17) is 16.0 Å². The zero-order chi connectivity index (χ0) is 13.0. The molecule has 0 aromatic carbocycles. The molecule has 0 bridgehead atoms. The first-order chi connectivity index (χ1) is 8.74. The fourth-order valence-electron chi connectivity index (χ4n) is 2.04. The molecular formula is C13H18ClN3O. The SMILES string of the molecule is CCNC(Cc1nccn1CC)c1ccc(Cl)o1. The van der Waals surface area contributed by atoms with Crippen LogP contribution in [0.3, 0.4) is 0 Å². The Balaban J connectivity index is 2.16. The molecule has 0 saturated carbocycles. The topological polar surface area (TPSA) is 43.0 Å². The number of hydrogen-bond acceptors (Lipinski definition) is 3. The van der Waals surface area contributed by atoms with Gasteiger partial charge in [0.05, 0.1) is 6.04 Å². The van der Waals surface area contributed by atoms with E-state index in [9.17, 15) is 0 Å². The molecule has 0 aliphatic heterocycles. The monoisotopic (exact) mass is 267 g/mol. The van der Waals surface area contributed by atoms with Gasteiger partial charge in [-0.3, -0.25) is 0 Å². The summed E-state index contributed by atoms with van der Waals surface area (Å²) in [5.41, 5.74) is 0. The summed E-state index contributed by atoms with van der Waals surface area (Å²) in [5, 5.41) is 3.82. The van der Waals surface area contributed by atoms with Crippen LogP contribution in [0.1, 0.15) is 31.5 Å². The average Bonchev–Trinajstić information content (AvgIpc) is 2.97. The minimum atomic E-state index is 0.107. The molecule has 1 unspecified atom stereocenters. The second kappa shape index (κ2) is 6.07. The molecule has 1 atom stereocenters. The Morgan fingerprint density at radius 2 is 2.28 bits per heavy atom. The largest absolute Gasteiger partial charge is 0.448 e. The molecule has 4 nitrogen and oxygen atoms in total. The summed E-state index contributed by atoms with van der Waals surface area (Å²) in [5.74, 6) is 1.91. The second-order valence-electron chi connectivity index (χ2n) is 4.09. The summed E-state index contributed by atoms with van der Waals surface area (Å²) in [6, 6.07) is 3.79. The van der Waals surface area contributed by atoms with Crippen molar-refractivity contribution in [3.05, 3.63) is 41.3 Å². The van der Waals surface area contributed by atoms with Crippen molar-refractivity contribution >= 4 is 11.6 Å². The van der Waals surface area contributed by atoms with Crippen molar-refractivity contribution in [3.63, 3.8) is 0 Å². The Morgan fingerprint density at radius 3 is 2.89 bits per heavy atom. The zero-order valence-corrected chi connectivity index (χ0v) is 11.4. The maximum atomic E-state index is 5.83. The first kappa shape index (κ1) is 13.2. The molecule has 5 heteroatoms. The lowest BCUT2D eigenvalue weighted by Gasteiger charge is -2.15. The first-order valence-electron chi connectivity index (χ1n) is 6.23. The summed E-state index contributed by atoms with van der Waals surface area (Å²) in [7, 11) is 0. The van der Waals surface area contributed by atoms with Gasteiger partial charge in [0.25, 0.3) is 0 Å². The third-order valence-corrected chi connectivity index (χ3v) is 3.12. The Hall–Kier alpha value is -1.26. The Morgan fingerprint density at radius 1 is 1.44 bits per heavy atom. The van der Waals surface area contributed by atoms with Crippen LogP contribution in [0.15, 0.2) is 28.9 Å². The van der Waals surface area contributed by atoms with Gasteiger partial charge in [-0.2, -0.15) is 0 Å². The molecule has 18 heavy (non-hydrogen) atoms. The fraction of sp³-hybridized carbons (Fsp3) is 0.462. The average molecular weight is 268 g/mol. The molecule has 0 aliphatic rings. The van der Waals surface area contributed by atoms with E-state index in [-0.39, 0.29) is 6.04 Å². The maximum absolute atomic E-state index is 5.83. The minimum absolute atomic E-state index is 0.107. The molecule has 2 rings (SSSR count). The molecule has 98 valence electrons. The van der Waals surface area contributed by atoms with E-state index >= 15 is 0 Å². The van der Waals surface area contributed by atoms with Crippen LogP contribution >= 0.6 is 11.6 Å². The Kier molecular flexibility index (Phi) is 4.44. The van der Waals surface area contributed by atoms with E-state index in [1.165, 1.54) is 0 Å². The molecule has 0 saturated heterocycles. The van der Waals surface area contributed by atoms with Gasteiger partial charge in [-0.25, -0.2) is 4.98 Å². The minimum Gasteiger partial charge on any atom is -0.448 e. The summed E-state index contributed by atoms with van der Waals surface area (Å²) in [6.45, 7) is 5.98. The lowest BCUT2D eigenvalue weighted by molar-refractivity contribution is 0.409.